The minimum absolute atomic E-state index is 0.116. The summed E-state index contributed by atoms with van der Waals surface area (Å²) in [7, 11) is 0. The first-order valence-corrected chi connectivity index (χ1v) is 12.2. The van der Waals surface area contributed by atoms with Crippen LogP contribution in [0.1, 0.15) is 31.9 Å². The molecule has 39 heavy (non-hydrogen) atoms. The monoisotopic (exact) mass is 566 g/mol. The molecule has 4 rings (SSSR count). The van der Waals surface area contributed by atoms with Crippen LogP contribution in [-0.2, 0) is 16.0 Å². The zero-order valence-electron chi connectivity index (χ0n) is 21.0. The lowest BCUT2D eigenvalue weighted by molar-refractivity contribution is -0.192. The summed E-state index contributed by atoms with van der Waals surface area (Å²) in [5, 5.41) is 24.8. The van der Waals surface area contributed by atoms with E-state index in [1.165, 1.54) is 0 Å². The van der Waals surface area contributed by atoms with Crippen LogP contribution in [0.4, 0.5) is 13.2 Å². The third-order valence-electron chi connectivity index (χ3n) is 5.55. The molecule has 9 nitrogen and oxygen atoms in total. The number of hydrogen-bond acceptors (Lipinski definition) is 6. The van der Waals surface area contributed by atoms with Gasteiger partial charge in [0.05, 0.1) is 11.4 Å². The van der Waals surface area contributed by atoms with E-state index in [1.54, 1.807) is 0 Å². The fourth-order valence-corrected chi connectivity index (χ4v) is 3.91. The number of nitrogens with zero attached hydrogens (tertiary/aromatic N) is 3. The van der Waals surface area contributed by atoms with Crippen molar-refractivity contribution in [1.82, 2.24) is 20.0 Å². The molecule has 208 valence electrons. The van der Waals surface area contributed by atoms with E-state index in [2.05, 4.69) is 33.9 Å². The number of nitrogens with one attached hydrogen (secondary N) is 1. The van der Waals surface area contributed by atoms with Gasteiger partial charge in [-0.15, -0.1) is 0 Å². The number of aliphatic carboxylic acids is 2. The van der Waals surface area contributed by atoms with Gasteiger partial charge in [0.2, 0.25) is 5.82 Å². The van der Waals surface area contributed by atoms with E-state index in [1.807, 2.05) is 48.7 Å². The number of carboxylic acid groups (broad SMARTS) is 2. The number of fused-ring (bicyclic) bond motifs is 1. The van der Waals surface area contributed by atoms with Gasteiger partial charge < -0.3 is 24.6 Å². The normalized spacial score (nSPS) is 11.5. The van der Waals surface area contributed by atoms with Crippen LogP contribution < -0.4 is 5.32 Å². The van der Waals surface area contributed by atoms with Crippen LogP contribution in [0.3, 0.4) is 0 Å². The van der Waals surface area contributed by atoms with E-state index in [-0.39, 0.29) is 6.42 Å². The largest absolute Gasteiger partial charge is 0.490 e. The number of carbonyl (C=O) groups is 2. The van der Waals surface area contributed by atoms with E-state index in [9.17, 15) is 18.0 Å². The molecule has 3 N–H and O–H groups in total. The Morgan fingerprint density at radius 3 is 2.46 bits per heavy atom. The average Bonchev–Trinajstić information content (AvgIpc) is 3.49. The Balaban J connectivity index is 0.000000532. The van der Waals surface area contributed by atoms with Crippen LogP contribution in [-0.4, -0.2) is 56.1 Å². The SMILES string of the molecule is CC(C)n1cc(Cl)c2cc(-c3nc(-c4cccc(CCNCCC(=O)O)c4)no3)ccc21.O=C(O)C(F)(F)F. The van der Waals surface area contributed by atoms with Crippen molar-refractivity contribution < 1.29 is 37.5 Å². The van der Waals surface area contributed by atoms with Gasteiger partial charge in [0.1, 0.15) is 0 Å². The van der Waals surface area contributed by atoms with Crippen LogP contribution in [0.5, 0.6) is 0 Å². The molecule has 0 aliphatic heterocycles. The zero-order valence-corrected chi connectivity index (χ0v) is 21.8. The Morgan fingerprint density at radius 2 is 1.82 bits per heavy atom. The van der Waals surface area contributed by atoms with E-state index in [4.69, 9.17) is 31.1 Å². The Kier molecular flexibility index (Phi) is 9.71. The molecule has 0 unspecified atom stereocenters. The van der Waals surface area contributed by atoms with Gasteiger partial charge in [0.15, 0.2) is 0 Å². The average molecular weight is 567 g/mol. The van der Waals surface area contributed by atoms with Crippen molar-refractivity contribution in [3.63, 3.8) is 0 Å². The summed E-state index contributed by atoms with van der Waals surface area (Å²) in [5.74, 6) is -2.60. The van der Waals surface area contributed by atoms with Crippen molar-refractivity contribution in [2.24, 2.45) is 0 Å². The molecule has 0 saturated carbocycles. The molecule has 0 aliphatic rings. The van der Waals surface area contributed by atoms with Gasteiger partial charge >= 0.3 is 18.1 Å². The first-order valence-electron chi connectivity index (χ1n) is 11.8. The summed E-state index contributed by atoms with van der Waals surface area (Å²) in [5.41, 5.74) is 3.87. The first kappa shape index (κ1) is 29.7. The van der Waals surface area contributed by atoms with E-state index < -0.39 is 18.1 Å². The Bertz CT molecular complexity index is 1450. The molecule has 0 fully saturated rings. The van der Waals surface area contributed by atoms with Crippen LogP contribution >= 0.6 is 11.6 Å². The topological polar surface area (TPSA) is 130 Å². The molecular formula is C26H26ClF3N4O5. The number of aromatic nitrogens is 3. The first-order chi connectivity index (χ1) is 18.4. The lowest BCUT2D eigenvalue weighted by Crippen LogP contribution is -2.21. The Hall–Kier alpha value is -3.90. The standard InChI is InChI=1S/C24H25ClN4O3.C2HF3O2/c1-15(2)29-14-20(25)19-13-18(6-7-21(19)29)24-27-23(28-32-24)17-5-3-4-16(12-17)8-10-26-11-9-22(30)31;3-2(4,5)1(6)7/h3-7,12-15,26H,8-11H2,1-2H3,(H,30,31);(H,6,7). The van der Waals surface area contributed by atoms with E-state index >= 15 is 0 Å². The van der Waals surface area contributed by atoms with Crippen molar-refractivity contribution in [1.29, 1.82) is 0 Å². The summed E-state index contributed by atoms with van der Waals surface area (Å²) in [4.78, 5) is 24.1. The second-order valence-corrected chi connectivity index (χ2v) is 9.19. The van der Waals surface area contributed by atoms with Gasteiger partial charge in [-0.1, -0.05) is 35.0 Å². The zero-order chi connectivity index (χ0) is 28.7. The molecule has 2 aromatic carbocycles. The lowest BCUT2D eigenvalue weighted by Gasteiger charge is -2.08. The number of hydrogen-bond donors (Lipinski definition) is 3. The second-order valence-electron chi connectivity index (χ2n) is 8.78. The van der Waals surface area contributed by atoms with Gasteiger partial charge in [-0.25, -0.2) is 4.79 Å². The Morgan fingerprint density at radius 1 is 1.10 bits per heavy atom. The summed E-state index contributed by atoms with van der Waals surface area (Å²) >= 11 is 6.45. The molecule has 0 radical (unpaired) electrons. The maximum atomic E-state index is 10.6. The molecule has 0 amide bonds. The fraction of sp³-hybridized carbons (Fsp3) is 0.308. The number of rotatable bonds is 9. The third-order valence-corrected chi connectivity index (χ3v) is 5.85. The summed E-state index contributed by atoms with van der Waals surface area (Å²) in [6.07, 6.45) is -2.24. The minimum Gasteiger partial charge on any atom is -0.481 e. The predicted octanol–water partition coefficient (Wildman–Crippen LogP) is 5.83. The lowest BCUT2D eigenvalue weighted by atomic mass is 10.1. The van der Waals surface area contributed by atoms with Crippen LogP contribution in [0.25, 0.3) is 33.7 Å². The number of halogens is 4. The molecule has 0 bridgehead atoms. The van der Waals surface area contributed by atoms with Crippen molar-refractivity contribution in [2.75, 3.05) is 13.1 Å². The maximum absolute atomic E-state index is 10.6. The van der Waals surface area contributed by atoms with Gasteiger partial charge in [0, 0.05) is 40.8 Å². The minimum atomic E-state index is -5.08. The highest BCUT2D eigenvalue weighted by molar-refractivity contribution is 6.35. The highest BCUT2D eigenvalue weighted by atomic mass is 35.5. The van der Waals surface area contributed by atoms with Gasteiger partial charge in [-0.05, 0) is 56.6 Å². The number of alkyl halides is 3. The molecule has 0 saturated heterocycles. The van der Waals surface area contributed by atoms with Crippen molar-refractivity contribution >= 4 is 34.4 Å². The number of benzene rings is 2. The Labute approximate surface area is 226 Å². The highest BCUT2D eigenvalue weighted by Crippen LogP contribution is 2.32. The fourth-order valence-electron chi connectivity index (χ4n) is 3.65. The quantitative estimate of drug-likeness (QED) is 0.216. The third kappa shape index (κ3) is 8.04. The van der Waals surface area contributed by atoms with Crippen LogP contribution in [0.15, 0.2) is 53.2 Å². The van der Waals surface area contributed by atoms with Crippen LogP contribution in [0.2, 0.25) is 5.02 Å². The maximum Gasteiger partial charge on any atom is 0.490 e. The van der Waals surface area contributed by atoms with E-state index in [0.717, 1.165) is 34.0 Å². The molecule has 0 atom stereocenters. The highest BCUT2D eigenvalue weighted by Gasteiger charge is 2.38. The van der Waals surface area contributed by atoms with Gasteiger partial charge in [0.25, 0.3) is 5.89 Å². The van der Waals surface area contributed by atoms with Gasteiger partial charge in [-0.3, -0.25) is 4.79 Å². The summed E-state index contributed by atoms with van der Waals surface area (Å²) in [6.45, 7) is 5.39. The number of carboxylic acids is 2. The van der Waals surface area contributed by atoms with E-state index in [0.29, 0.717) is 35.9 Å². The smallest absolute Gasteiger partial charge is 0.481 e. The summed E-state index contributed by atoms with van der Waals surface area (Å²) in [6, 6.07) is 14.2. The van der Waals surface area contributed by atoms with Crippen LogP contribution in [0, 0.1) is 0 Å². The van der Waals surface area contributed by atoms with Crippen molar-refractivity contribution in [3.05, 3.63) is 59.2 Å². The van der Waals surface area contributed by atoms with Crippen molar-refractivity contribution in [2.45, 2.75) is 38.9 Å². The van der Waals surface area contributed by atoms with Gasteiger partial charge in [-0.2, -0.15) is 18.2 Å². The molecule has 2 heterocycles. The predicted molar refractivity (Wildman–Crippen MR) is 139 cm³/mol. The summed E-state index contributed by atoms with van der Waals surface area (Å²) < 4.78 is 39.4. The van der Waals surface area contributed by atoms with Crippen molar-refractivity contribution in [3.8, 4) is 22.8 Å². The molecule has 4 aromatic rings. The molecule has 13 heteroatoms. The molecular weight excluding hydrogens is 541 g/mol. The molecule has 0 spiro atoms. The molecule has 2 aromatic heterocycles. The molecule has 0 aliphatic carbocycles. The second kappa shape index (κ2) is 12.8.